The zero-order valence-electron chi connectivity index (χ0n) is 15.5. The zero-order valence-corrected chi connectivity index (χ0v) is 16.4. The van der Waals surface area contributed by atoms with Gasteiger partial charge in [-0.15, -0.1) is 0 Å². The number of aliphatic hydroxyl groups excluding tert-OH is 1. The predicted octanol–water partition coefficient (Wildman–Crippen LogP) is 1.92. The van der Waals surface area contributed by atoms with Gasteiger partial charge in [-0.3, -0.25) is 4.57 Å². The summed E-state index contributed by atoms with van der Waals surface area (Å²) in [7, 11) is 2.00. The summed E-state index contributed by atoms with van der Waals surface area (Å²) in [5, 5.41) is 8.39. The van der Waals surface area contributed by atoms with Gasteiger partial charge in [0.05, 0.1) is 33.9 Å². The number of hydrogen-bond donors (Lipinski definition) is 3. The van der Waals surface area contributed by atoms with E-state index in [0.29, 0.717) is 6.42 Å². The molecule has 0 amide bonds. The number of esters is 1. The van der Waals surface area contributed by atoms with Crippen molar-refractivity contribution >= 4 is 13.6 Å². The van der Waals surface area contributed by atoms with Crippen molar-refractivity contribution in [3.05, 3.63) is 12.7 Å². The van der Waals surface area contributed by atoms with Crippen LogP contribution in [0.5, 0.6) is 0 Å². The third kappa shape index (κ3) is 21.3. The molecule has 8 heteroatoms. The Bertz CT molecular complexity index is 389. The summed E-state index contributed by atoms with van der Waals surface area (Å²) in [4.78, 5) is 28.7. The lowest BCUT2D eigenvalue weighted by atomic mass is 10.1. The van der Waals surface area contributed by atoms with E-state index in [-0.39, 0.29) is 6.61 Å². The molecular formula is C16H35NO6P+. The maximum Gasteiger partial charge on any atom is 0.330 e. The number of rotatable bonds is 11. The van der Waals surface area contributed by atoms with E-state index in [2.05, 4.69) is 34.6 Å². The lowest BCUT2D eigenvalue weighted by Crippen LogP contribution is -2.36. The van der Waals surface area contributed by atoms with Gasteiger partial charge in [-0.2, -0.15) is 0 Å². The first-order chi connectivity index (χ1) is 10.9. The van der Waals surface area contributed by atoms with Crippen molar-refractivity contribution in [3.8, 4) is 0 Å². The van der Waals surface area contributed by atoms with Gasteiger partial charge in [0.2, 0.25) is 0 Å². The molecule has 0 aliphatic heterocycles. The number of carbonyl (C=O) groups excluding carboxylic acids is 1. The Morgan fingerprint density at radius 2 is 1.83 bits per heavy atom. The van der Waals surface area contributed by atoms with Gasteiger partial charge in [0.25, 0.3) is 0 Å². The summed E-state index contributed by atoms with van der Waals surface area (Å²) in [6.45, 7) is 6.44. The van der Waals surface area contributed by atoms with E-state index in [1.54, 1.807) is 0 Å². The van der Waals surface area contributed by atoms with Gasteiger partial charge in [-0.1, -0.05) is 32.8 Å². The van der Waals surface area contributed by atoms with Crippen LogP contribution in [-0.2, 0) is 14.1 Å². The van der Waals surface area contributed by atoms with Crippen LogP contribution in [0, 0.1) is 0 Å². The van der Waals surface area contributed by atoms with Crippen LogP contribution in [-0.4, -0.2) is 71.9 Å². The highest BCUT2D eigenvalue weighted by Gasteiger charge is 2.23. The number of quaternary nitrogens is 1. The van der Waals surface area contributed by atoms with Crippen LogP contribution in [0.15, 0.2) is 12.7 Å². The van der Waals surface area contributed by atoms with Crippen LogP contribution in [0.4, 0.5) is 0 Å². The van der Waals surface area contributed by atoms with Gasteiger partial charge in [0.15, 0.2) is 0 Å². The molecule has 3 N–H and O–H groups in total. The number of hydrogen-bond acceptors (Lipinski definition) is 4. The highest BCUT2D eigenvalue weighted by atomic mass is 31.2. The van der Waals surface area contributed by atoms with Gasteiger partial charge >= 0.3 is 13.6 Å². The van der Waals surface area contributed by atoms with Crippen molar-refractivity contribution in [2.24, 2.45) is 0 Å². The topological polar surface area (TPSA) is 104 Å². The largest absolute Gasteiger partial charge is 0.459 e. The number of nitrogens with zero attached hydrogens (tertiary/aromatic N) is 1. The molecule has 144 valence electrons. The average Bonchev–Trinajstić information content (AvgIpc) is 2.41. The van der Waals surface area contributed by atoms with E-state index in [0.717, 1.165) is 42.8 Å². The fraction of sp³-hybridized carbons (Fsp3) is 0.812. The minimum Gasteiger partial charge on any atom is -0.459 e. The molecular weight excluding hydrogens is 333 g/mol. The number of carbonyl (C=O) groups is 1. The Morgan fingerprint density at radius 1 is 1.25 bits per heavy atom. The standard InChI is InChI=1S/C11H21O5P.C5H14NO/c1-3-5-6-7-8-10(9-17(13,14)15)16-11(12)4-2;1-6(2,3)4-5-7/h4,10H,2-3,5-9H2,1H3,(H2,13,14,15);7H,4-5H2,1-3H3/q;+1. The highest BCUT2D eigenvalue weighted by molar-refractivity contribution is 7.51. The van der Waals surface area contributed by atoms with E-state index in [4.69, 9.17) is 19.6 Å². The third-order valence-corrected chi connectivity index (χ3v) is 3.92. The molecule has 0 aliphatic rings. The van der Waals surface area contributed by atoms with Crippen molar-refractivity contribution < 1.29 is 33.5 Å². The highest BCUT2D eigenvalue weighted by Crippen LogP contribution is 2.36. The molecule has 0 aromatic heterocycles. The lowest BCUT2D eigenvalue weighted by Gasteiger charge is -2.21. The Kier molecular flexibility index (Phi) is 14.4. The molecule has 0 fully saturated rings. The normalized spacial score (nSPS) is 12.8. The number of ether oxygens (including phenoxy) is 1. The Balaban J connectivity index is 0. The molecule has 0 saturated carbocycles. The minimum atomic E-state index is -4.16. The summed E-state index contributed by atoms with van der Waals surface area (Å²) in [6, 6.07) is 0. The van der Waals surface area contributed by atoms with Gasteiger partial charge in [-0.05, 0) is 12.8 Å². The van der Waals surface area contributed by atoms with Gasteiger partial charge in [-0.25, -0.2) is 4.79 Å². The first-order valence-corrected chi connectivity index (χ1v) is 10.0. The van der Waals surface area contributed by atoms with Gasteiger partial charge in [0.1, 0.15) is 12.6 Å². The number of aliphatic hydroxyl groups is 1. The quantitative estimate of drug-likeness (QED) is 0.169. The lowest BCUT2D eigenvalue weighted by molar-refractivity contribution is -0.870. The van der Waals surface area contributed by atoms with Crippen LogP contribution in [0.3, 0.4) is 0 Å². The summed E-state index contributed by atoms with van der Waals surface area (Å²) >= 11 is 0. The molecule has 0 bridgehead atoms. The van der Waals surface area contributed by atoms with E-state index in [1.165, 1.54) is 0 Å². The second-order valence-electron chi connectivity index (χ2n) is 6.70. The van der Waals surface area contributed by atoms with Crippen LogP contribution in [0.25, 0.3) is 0 Å². The molecule has 24 heavy (non-hydrogen) atoms. The van der Waals surface area contributed by atoms with Crippen molar-refractivity contribution in [3.63, 3.8) is 0 Å². The Labute approximate surface area is 146 Å². The first kappa shape index (κ1) is 25.5. The van der Waals surface area contributed by atoms with E-state index in [9.17, 15) is 9.36 Å². The third-order valence-electron chi connectivity index (χ3n) is 3.04. The van der Waals surface area contributed by atoms with Crippen LogP contribution < -0.4 is 0 Å². The van der Waals surface area contributed by atoms with Gasteiger partial charge in [0, 0.05) is 6.08 Å². The van der Waals surface area contributed by atoms with E-state index in [1.807, 2.05) is 0 Å². The summed E-state index contributed by atoms with van der Waals surface area (Å²) in [5.41, 5.74) is 0. The first-order valence-electron chi connectivity index (χ1n) is 8.24. The summed E-state index contributed by atoms with van der Waals surface area (Å²) in [5.74, 6) is -0.640. The average molecular weight is 368 g/mol. The molecule has 0 aliphatic carbocycles. The van der Waals surface area contributed by atoms with E-state index < -0.39 is 25.8 Å². The monoisotopic (exact) mass is 368 g/mol. The van der Waals surface area contributed by atoms with Crippen molar-refractivity contribution in [2.45, 2.75) is 45.1 Å². The molecule has 0 aromatic rings. The summed E-state index contributed by atoms with van der Waals surface area (Å²) in [6.07, 6.45) is 4.25. The molecule has 0 saturated heterocycles. The Morgan fingerprint density at radius 3 is 2.17 bits per heavy atom. The fourth-order valence-corrected chi connectivity index (χ4v) is 2.55. The van der Waals surface area contributed by atoms with Crippen LogP contribution >= 0.6 is 7.60 Å². The maximum atomic E-state index is 11.0. The SMILES string of the molecule is C=CC(=O)OC(CCCCCC)CP(=O)(O)O.C[N+](C)(C)CCO. The molecule has 1 atom stereocenters. The molecule has 7 nitrogen and oxygen atoms in total. The second kappa shape index (κ2) is 13.6. The molecule has 0 spiro atoms. The van der Waals surface area contributed by atoms with Crippen molar-refractivity contribution in [1.82, 2.24) is 0 Å². The second-order valence-corrected chi connectivity index (χ2v) is 8.39. The fourth-order valence-electron chi connectivity index (χ4n) is 1.76. The van der Waals surface area contributed by atoms with Gasteiger partial charge < -0.3 is 24.1 Å². The zero-order chi connectivity index (χ0) is 19.2. The smallest absolute Gasteiger partial charge is 0.330 e. The minimum absolute atomic E-state index is 0.281. The van der Waals surface area contributed by atoms with Crippen molar-refractivity contribution in [1.29, 1.82) is 0 Å². The number of unbranched alkanes of at least 4 members (excludes halogenated alkanes) is 3. The molecule has 0 aromatic carbocycles. The van der Waals surface area contributed by atoms with Crippen LogP contribution in [0.1, 0.15) is 39.0 Å². The molecule has 0 radical (unpaired) electrons. The number of likely N-dealkylation sites (N-methyl/N-ethyl adjacent to an activating group) is 1. The van der Waals surface area contributed by atoms with E-state index >= 15 is 0 Å². The van der Waals surface area contributed by atoms with Crippen LogP contribution in [0.2, 0.25) is 0 Å². The van der Waals surface area contributed by atoms with Crippen molar-refractivity contribution in [2.75, 3.05) is 40.5 Å². The summed E-state index contributed by atoms with van der Waals surface area (Å²) < 4.78 is 16.6. The molecule has 0 rings (SSSR count). The predicted molar refractivity (Wildman–Crippen MR) is 95.7 cm³/mol. The molecule has 0 heterocycles. The maximum absolute atomic E-state index is 11.0. The Hall–Kier alpha value is -0.720. The molecule has 1 unspecified atom stereocenters.